The number of likely N-dealkylation sites (tertiary alicyclic amines) is 1. The minimum atomic E-state index is -0.196. The Balaban J connectivity index is 1.42. The van der Waals surface area contributed by atoms with Crippen LogP contribution in [0.25, 0.3) is 0 Å². The molecule has 2 aliphatic rings. The molecule has 1 aromatic heterocycles. The molecule has 0 spiro atoms. The second kappa shape index (κ2) is 8.20. The highest BCUT2D eigenvalue weighted by Gasteiger charge is 2.32. The van der Waals surface area contributed by atoms with Gasteiger partial charge in [0.05, 0.1) is 5.75 Å². The number of carbonyl (C=O) groups is 1. The van der Waals surface area contributed by atoms with Crippen LogP contribution in [0.15, 0.2) is 9.95 Å². The van der Waals surface area contributed by atoms with Crippen molar-refractivity contribution in [1.82, 2.24) is 25.0 Å². The molecule has 3 rings (SSSR count). The molecular formula is C16H27N5O2S. The van der Waals surface area contributed by atoms with Crippen LogP contribution in [0.4, 0.5) is 0 Å². The summed E-state index contributed by atoms with van der Waals surface area (Å²) in [5.41, 5.74) is -0.196. The molecule has 1 aliphatic heterocycles. The van der Waals surface area contributed by atoms with Crippen molar-refractivity contribution >= 4 is 17.7 Å². The lowest BCUT2D eigenvalue weighted by Crippen LogP contribution is -2.45. The highest BCUT2D eigenvalue weighted by Crippen LogP contribution is 2.29. The van der Waals surface area contributed by atoms with E-state index in [4.69, 9.17) is 0 Å². The largest absolute Gasteiger partial charge is 0.353 e. The zero-order valence-corrected chi connectivity index (χ0v) is 15.1. The molecule has 134 valence electrons. The second-order valence-corrected chi connectivity index (χ2v) is 7.66. The van der Waals surface area contributed by atoms with E-state index in [9.17, 15) is 9.59 Å². The fourth-order valence-electron chi connectivity index (χ4n) is 3.17. The number of hydrogen-bond donors (Lipinski definition) is 2. The Morgan fingerprint density at radius 1 is 1.33 bits per heavy atom. The molecule has 0 bridgehead atoms. The van der Waals surface area contributed by atoms with Crippen molar-refractivity contribution in [3.05, 3.63) is 10.5 Å². The number of nitrogens with zero attached hydrogens (tertiary/aromatic N) is 3. The van der Waals surface area contributed by atoms with Crippen molar-refractivity contribution < 1.29 is 4.79 Å². The molecule has 2 heterocycles. The fourth-order valence-corrected chi connectivity index (χ4v) is 3.96. The van der Waals surface area contributed by atoms with E-state index >= 15 is 0 Å². The molecule has 24 heavy (non-hydrogen) atoms. The van der Waals surface area contributed by atoms with Gasteiger partial charge in [0.25, 0.3) is 0 Å². The maximum Gasteiger partial charge on any atom is 0.343 e. The Kier molecular flexibility index (Phi) is 5.99. The molecule has 0 unspecified atom stereocenters. The molecule has 2 fully saturated rings. The Morgan fingerprint density at radius 2 is 2.08 bits per heavy atom. The molecule has 1 aliphatic carbocycles. The number of hydrogen-bond acceptors (Lipinski definition) is 5. The lowest BCUT2D eigenvalue weighted by Gasteiger charge is -2.32. The van der Waals surface area contributed by atoms with Crippen LogP contribution in [0.1, 0.15) is 45.4 Å². The summed E-state index contributed by atoms with van der Waals surface area (Å²) in [6.45, 7) is 4.92. The van der Waals surface area contributed by atoms with Crippen LogP contribution in [0.2, 0.25) is 0 Å². The molecule has 0 atom stereocenters. The number of H-pyrrole nitrogens is 1. The molecule has 1 amide bonds. The second-order valence-electron chi connectivity index (χ2n) is 6.71. The molecule has 0 aromatic carbocycles. The number of aromatic amines is 1. The number of carbonyl (C=O) groups excluding carboxylic acids is 1. The zero-order chi connectivity index (χ0) is 16.9. The summed E-state index contributed by atoms with van der Waals surface area (Å²) in [4.78, 5) is 26.4. The molecule has 7 nitrogen and oxygen atoms in total. The summed E-state index contributed by atoms with van der Waals surface area (Å²) in [6, 6.07) is 1.10. The van der Waals surface area contributed by atoms with Gasteiger partial charge in [0.1, 0.15) is 0 Å². The predicted octanol–water partition coefficient (Wildman–Crippen LogP) is 1.21. The monoisotopic (exact) mass is 353 g/mol. The molecule has 2 N–H and O–H groups in total. The first-order valence-corrected chi connectivity index (χ1v) is 9.97. The van der Waals surface area contributed by atoms with Crippen LogP contribution >= 0.6 is 11.8 Å². The zero-order valence-electron chi connectivity index (χ0n) is 14.3. The minimum Gasteiger partial charge on any atom is -0.353 e. The average molecular weight is 353 g/mol. The van der Waals surface area contributed by atoms with E-state index in [2.05, 4.69) is 27.3 Å². The third-order valence-corrected chi connectivity index (χ3v) is 5.73. The van der Waals surface area contributed by atoms with E-state index in [0.717, 1.165) is 44.8 Å². The number of unbranched alkanes of at least 4 members (excludes halogenated alkanes) is 1. The Labute approximate surface area is 146 Å². The van der Waals surface area contributed by atoms with Crippen LogP contribution < -0.4 is 11.0 Å². The number of rotatable bonds is 8. The van der Waals surface area contributed by atoms with E-state index in [1.807, 2.05) is 0 Å². The van der Waals surface area contributed by atoms with Gasteiger partial charge in [-0.2, -0.15) is 0 Å². The van der Waals surface area contributed by atoms with Gasteiger partial charge in [0.15, 0.2) is 5.16 Å². The highest BCUT2D eigenvalue weighted by atomic mass is 32.2. The van der Waals surface area contributed by atoms with Crippen LogP contribution in [-0.2, 0) is 11.3 Å². The highest BCUT2D eigenvalue weighted by molar-refractivity contribution is 7.99. The van der Waals surface area contributed by atoms with Gasteiger partial charge in [-0.1, -0.05) is 25.1 Å². The molecule has 8 heteroatoms. The summed E-state index contributed by atoms with van der Waals surface area (Å²) in [7, 11) is 0. The van der Waals surface area contributed by atoms with Gasteiger partial charge >= 0.3 is 5.69 Å². The summed E-state index contributed by atoms with van der Waals surface area (Å²) in [5.74, 6) is 0.335. The quantitative estimate of drug-likeness (QED) is 0.687. The lowest BCUT2D eigenvalue weighted by molar-refractivity contribution is -0.119. The molecule has 0 radical (unpaired) electrons. The summed E-state index contributed by atoms with van der Waals surface area (Å²) in [5, 5.41) is 10.2. The first kappa shape index (κ1) is 17.5. The Morgan fingerprint density at radius 3 is 2.75 bits per heavy atom. The predicted molar refractivity (Wildman–Crippen MR) is 94.2 cm³/mol. The molecule has 1 saturated carbocycles. The first-order chi connectivity index (χ1) is 11.7. The number of thioether (sulfide) groups is 1. The Hall–Kier alpha value is -1.28. The smallest absolute Gasteiger partial charge is 0.343 e. The normalized spacial score (nSPS) is 19.5. The van der Waals surface area contributed by atoms with Crippen molar-refractivity contribution in [2.45, 2.75) is 69.2 Å². The van der Waals surface area contributed by atoms with E-state index < -0.39 is 0 Å². The van der Waals surface area contributed by atoms with Crippen LogP contribution in [-0.4, -0.2) is 56.5 Å². The van der Waals surface area contributed by atoms with Gasteiger partial charge in [-0.3, -0.25) is 9.36 Å². The third-order valence-electron chi connectivity index (χ3n) is 4.75. The van der Waals surface area contributed by atoms with Crippen molar-refractivity contribution in [3.63, 3.8) is 0 Å². The van der Waals surface area contributed by atoms with Gasteiger partial charge < -0.3 is 10.2 Å². The van der Waals surface area contributed by atoms with Gasteiger partial charge in [-0.05, 0) is 32.1 Å². The first-order valence-electron chi connectivity index (χ1n) is 8.98. The van der Waals surface area contributed by atoms with E-state index in [1.165, 1.54) is 24.6 Å². The van der Waals surface area contributed by atoms with Crippen molar-refractivity contribution in [2.75, 3.05) is 18.8 Å². The molecular weight excluding hydrogens is 326 g/mol. The van der Waals surface area contributed by atoms with Gasteiger partial charge in [0, 0.05) is 31.7 Å². The maximum absolute atomic E-state index is 12.2. The van der Waals surface area contributed by atoms with Crippen LogP contribution in [0.5, 0.6) is 0 Å². The van der Waals surface area contributed by atoms with Crippen molar-refractivity contribution in [3.8, 4) is 0 Å². The number of piperidine rings is 1. The standard InChI is InChI=1S/C16H27N5O2S/c1-2-3-8-21-15(23)18-19-16(21)24-11-14(22)17-12-6-9-20(10-7-12)13-4-5-13/h12-13H,2-11H2,1H3,(H,17,22)(H,18,23). The van der Waals surface area contributed by atoms with Crippen LogP contribution in [0.3, 0.4) is 0 Å². The Bertz CT molecular complexity index is 602. The van der Waals surface area contributed by atoms with E-state index in [0.29, 0.717) is 17.5 Å². The lowest BCUT2D eigenvalue weighted by atomic mass is 10.1. The molecule has 1 aromatic rings. The van der Waals surface area contributed by atoms with Gasteiger partial charge in [-0.25, -0.2) is 9.89 Å². The SMILES string of the molecule is CCCCn1c(SCC(=O)NC2CCN(C3CC3)CC2)n[nH]c1=O. The minimum absolute atomic E-state index is 0.0300. The maximum atomic E-state index is 12.2. The number of amides is 1. The number of aromatic nitrogens is 3. The summed E-state index contributed by atoms with van der Waals surface area (Å²) in [6.07, 6.45) is 6.71. The van der Waals surface area contributed by atoms with Crippen molar-refractivity contribution in [2.24, 2.45) is 0 Å². The number of nitrogens with one attached hydrogen (secondary N) is 2. The van der Waals surface area contributed by atoms with E-state index in [1.54, 1.807) is 4.57 Å². The van der Waals surface area contributed by atoms with Gasteiger partial charge in [0.2, 0.25) is 5.91 Å². The fraction of sp³-hybridized carbons (Fsp3) is 0.812. The van der Waals surface area contributed by atoms with Crippen molar-refractivity contribution in [1.29, 1.82) is 0 Å². The van der Waals surface area contributed by atoms with Gasteiger partial charge in [-0.15, -0.1) is 5.10 Å². The molecule has 1 saturated heterocycles. The van der Waals surface area contributed by atoms with Crippen LogP contribution in [0, 0.1) is 0 Å². The third kappa shape index (κ3) is 4.63. The topological polar surface area (TPSA) is 83.0 Å². The average Bonchev–Trinajstić information content (AvgIpc) is 3.37. The summed E-state index contributed by atoms with van der Waals surface area (Å²) >= 11 is 1.33. The van der Waals surface area contributed by atoms with E-state index in [-0.39, 0.29) is 17.6 Å². The summed E-state index contributed by atoms with van der Waals surface area (Å²) < 4.78 is 1.62.